The molecule has 1 aromatic carbocycles. The maximum Gasteiger partial charge on any atom is 0.0621 e. The highest BCUT2D eigenvalue weighted by molar-refractivity contribution is 5.30. The fourth-order valence-electron chi connectivity index (χ4n) is 2.84. The van der Waals surface area contributed by atoms with Gasteiger partial charge in [0.1, 0.15) is 0 Å². The van der Waals surface area contributed by atoms with Crippen LogP contribution in [0.1, 0.15) is 49.9 Å². The lowest BCUT2D eigenvalue weighted by Crippen LogP contribution is -2.60. The minimum atomic E-state index is -0.165. The lowest BCUT2D eigenvalue weighted by Gasteiger charge is -2.50. The van der Waals surface area contributed by atoms with Gasteiger partial charge in [0.2, 0.25) is 0 Å². The molecule has 0 radical (unpaired) electrons. The zero-order valence-corrected chi connectivity index (χ0v) is 12.1. The molecule has 3 atom stereocenters. The molecule has 1 fully saturated rings. The number of aliphatic hydroxyl groups excluding tert-OH is 1. The van der Waals surface area contributed by atoms with Gasteiger partial charge in [0, 0.05) is 17.5 Å². The van der Waals surface area contributed by atoms with Gasteiger partial charge >= 0.3 is 0 Å². The van der Waals surface area contributed by atoms with E-state index in [0.717, 1.165) is 6.42 Å². The van der Waals surface area contributed by atoms with Crippen molar-refractivity contribution in [3.63, 3.8) is 0 Å². The van der Waals surface area contributed by atoms with Gasteiger partial charge in [0.05, 0.1) is 6.10 Å². The van der Waals surface area contributed by atoms with E-state index in [1.54, 1.807) is 0 Å². The molecule has 18 heavy (non-hydrogen) atoms. The summed E-state index contributed by atoms with van der Waals surface area (Å²) in [5.41, 5.74) is 3.95. The van der Waals surface area contributed by atoms with Crippen molar-refractivity contribution in [3.8, 4) is 0 Å². The van der Waals surface area contributed by atoms with Crippen LogP contribution < -0.4 is 5.32 Å². The molecule has 2 nitrogen and oxygen atoms in total. The molecule has 2 rings (SSSR count). The van der Waals surface area contributed by atoms with Gasteiger partial charge in [0.25, 0.3) is 0 Å². The SMILES string of the molecule is Cc1cc(C)cc(C(C)NC2CC(O)C2(C)C)c1. The van der Waals surface area contributed by atoms with E-state index in [4.69, 9.17) is 0 Å². The van der Waals surface area contributed by atoms with Crippen molar-refractivity contribution >= 4 is 0 Å². The fraction of sp³-hybridized carbons (Fsp3) is 0.625. The van der Waals surface area contributed by atoms with Gasteiger partial charge in [-0.3, -0.25) is 0 Å². The number of benzene rings is 1. The van der Waals surface area contributed by atoms with Crippen molar-refractivity contribution in [2.75, 3.05) is 0 Å². The normalized spacial score (nSPS) is 27.7. The highest BCUT2D eigenvalue weighted by Gasteiger charge is 2.47. The van der Waals surface area contributed by atoms with Gasteiger partial charge in [-0.1, -0.05) is 43.2 Å². The van der Waals surface area contributed by atoms with Crippen LogP contribution in [0.5, 0.6) is 0 Å². The molecule has 1 aromatic rings. The van der Waals surface area contributed by atoms with Crippen molar-refractivity contribution in [1.29, 1.82) is 0 Å². The molecule has 2 heteroatoms. The van der Waals surface area contributed by atoms with Crippen molar-refractivity contribution in [2.24, 2.45) is 5.41 Å². The van der Waals surface area contributed by atoms with E-state index in [9.17, 15) is 5.11 Å². The quantitative estimate of drug-likeness (QED) is 0.860. The molecule has 0 aromatic heterocycles. The van der Waals surface area contributed by atoms with Crippen molar-refractivity contribution in [1.82, 2.24) is 5.32 Å². The Balaban J connectivity index is 2.06. The minimum absolute atomic E-state index is 0.00682. The van der Waals surface area contributed by atoms with Gasteiger partial charge in [-0.25, -0.2) is 0 Å². The van der Waals surface area contributed by atoms with Gasteiger partial charge in [-0.15, -0.1) is 0 Å². The fourth-order valence-corrected chi connectivity index (χ4v) is 2.84. The smallest absolute Gasteiger partial charge is 0.0621 e. The molecule has 0 spiro atoms. The van der Waals surface area contributed by atoms with Crippen LogP contribution in [0.15, 0.2) is 18.2 Å². The van der Waals surface area contributed by atoms with E-state index in [0.29, 0.717) is 12.1 Å². The summed E-state index contributed by atoms with van der Waals surface area (Å²) in [6, 6.07) is 7.43. The summed E-state index contributed by atoms with van der Waals surface area (Å²) < 4.78 is 0. The first-order valence-corrected chi connectivity index (χ1v) is 6.83. The summed E-state index contributed by atoms with van der Waals surface area (Å²) in [7, 11) is 0. The van der Waals surface area contributed by atoms with Crippen LogP contribution in [0.4, 0.5) is 0 Å². The zero-order chi connectivity index (χ0) is 13.5. The molecule has 1 aliphatic carbocycles. The second-order valence-corrected chi connectivity index (χ2v) is 6.43. The predicted molar refractivity (Wildman–Crippen MR) is 75.7 cm³/mol. The number of hydrogen-bond donors (Lipinski definition) is 2. The summed E-state index contributed by atoms with van der Waals surface area (Å²) in [5, 5.41) is 13.4. The number of hydrogen-bond acceptors (Lipinski definition) is 2. The van der Waals surface area contributed by atoms with Crippen molar-refractivity contribution in [2.45, 2.75) is 59.2 Å². The van der Waals surface area contributed by atoms with Gasteiger partial charge in [-0.2, -0.15) is 0 Å². The second-order valence-electron chi connectivity index (χ2n) is 6.43. The Morgan fingerprint density at radius 2 is 1.78 bits per heavy atom. The maximum absolute atomic E-state index is 9.78. The third kappa shape index (κ3) is 2.45. The minimum Gasteiger partial charge on any atom is -0.392 e. The third-order valence-electron chi connectivity index (χ3n) is 4.41. The van der Waals surface area contributed by atoms with Crippen LogP contribution in [0, 0.1) is 19.3 Å². The van der Waals surface area contributed by atoms with Crippen LogP contribution in [0.2, 0.25) is 0 Å². The van der Waals surface area contributed by atoms with Crippen LogP contribution in [-0.4, -0.2) is 17.3 Å². The molecular weight excluding hydrogens is 222 g/mol. The van der Waals surface area contributed by atoms with E-state index >= 15 is 0 Å². The van der Waals surface area contributed by atoms with Gasteiger partial charge in [-0.05, 0) is 32.8 Å². The Morgan fingerprint density at radius 3 is 2.22 bits per heavy atom. The van der Waals surface area contributed by atoms with Gasteiger partial charge in [0.15, 0.2) is 0 Å². The standard InChI is InChI=1S/C16H25NO/c1-10-6-11(2)8-13(7-10)12(3)17-14-9-15(18)16(14,4)5/h6-8,12,14-15,17-18H,9H2,1-5H3. The number of rotatable bonds is 3. The summed E-state index contributed by atoms with van der Waals surface area (Å²) >= 11 is 0. The van der Waals surface area contributed by atoms with Crippen LogP contribution in [0.3, 0.4) is 0 Å². The summed E-state index contributed by atoms with van der Waals surface area (Å²) in [6.45, 7) is 10.7. The Labute approximate surface area is 110 Å². The highest BCUT2D eigenvalue weighted by Crippen LogP contribution is 2.41. The molecule has 0 heterocycles. The Morgan fingerprint density at radius 1 is 1.22 bits per heavy atom. The average Bonchev–Trinajstić information content (AvgIpc) is 2.27. The van der Waals surface area contributed by atoms with Crippen molar-refractivity contribution in [3.05, 3.63) is 34.9 Å². The van der Waals surface area contributed by atoms with Crippen LogP contribution in [-0.2, 0) is 0 Å². The van der Waals surface area contributed by atoms with E-state index < -0.39 is 0 Å². The number of aliphatic hydroxyl groups is 1. The molecule has 2 N–H and O–H groups in total. The molecule has 0 aliphatic heterocycles. The first-order valence-electron chi connectivity index (χ1n) is 6.83. The lowest BCUT2D eigenvalue weighted by atomic mass is 9.64. The molecule has 0 saturated heterocycles. The monoisotopic (exact) mass is 247 g/mol. The average molecular weight is 247 g/mol. The molecule has 3 unspecified atom stereocenters. The van der Waals surface area contributed by atoms with Crippen LogP contribution >= 0.6 is 0 Å². The first-order chi connectivity index (χ1) is 8.30. The van der Waals surface area contributed by atoms with E-state index in [-0.39, 0.29) is 11.5 Å². The summed E-state index contributed by atoms with van der Waals surface area (Å²) in [5.74, 6) is 0. The summed E-state index contributed by atoms with van der Waals surface area (Å²) in [6.07, 6.45) is 0.698. The Kier molecular flexibility index (Phi) is 3.52. The number of nitrogens with one attached hydrogen (secondary N) is 1. The lowest BCUT2D eigenvalue weighted by molar-refractivity contribution is -0.0754. The highest BCUT2D eigenvalue weighted by atomic mass is 16.3. The van der Waals surface area contributed by atoms with Crippen molar-refractivity contribution < 1.29 is 5.11 Å². The Hall–Kier alpha value is -0.860. The Bertz CT molecular complexity index is 418. The molecule has 100 valence electrons. The van der Waals surface area contributed by atoms with E-state index in [1.165, 1.54) is 16.7 Å². The third-order valence-corrected chi connectivity index (χ3v) is 4.41. The molecule has 1 aliphatic rings. The number of aryl methyl sites for hydroxylation is 2. The van der Waals surface area contributed by atoms with Crippen LogP contribution in [0.25, 0.3) is 0 Å². The zero-order valence-electron chi connectivity index (χ0n) is 12.1. The molecular formula is C16H25NO. The molecule has 0 amide bonds. The topological polar surface area (TPSA) is 32.3 Å². The van der Waals surface area contributed by atoms with Gasteiger partial charge < -0.3 is 10.4 Å². The largest absolute Gasteiger partial charge is 0.392 e. The second kappa shape index (κ2) is 4.67. The molecule has 0 bridgehead atoms. The first kappa shape index (κ1) is 13.6. The van der Waals surface area contributed by atoms with E-state index in [1.807, 2.05) is 0 Å². The summed E-state index contributed by atoms with van der Waals surface area (Å²) in [4.78, 5) is 0. The van der Waals surface area contributed by atoms with E-state index in [2.05, 4.69) is 58.1 Å². The maximum atomic E-state index is 9.78. The molecule has 1 saturated carbocycles. The predicted octanol–water partition coefficient (Wildman–Crippen LogP) is 3.11.